The van der Waals surface area contributed by atoms with E-state index in [9.17, 15) is 19.1 Å². The van der Waals surface area contributed by atoms with Crippen molar-refractivity contribution in [3.05, 3.63) is 65.5 Å². The number of benzene rings is 2. The van der Waals surface area contributed by atoms with Crippen LogP contribution in [0.2, 0.25) is 0 Å². The Morgan fingerprint density at radius 2 is 1.90 bits per heavy atom. The van der Waals surface area contributed by atoms with E-state index in [2.05, 4.69) is 0 Å². The maximum atomic E-state index is 13.3. The van der Waals surface area contributed by atoms with Crippen LogP contribution in [0.4, 0.5) is 10.1 Å². The van der Waals surface area contributed by atoms with Crippen molar-refractivity contribution < 1.29 is 19.1 Å². The molecule has 2 aromatic rings. The van der Waals surface area contributed by atoms with Gasteiger partial charge in [-0.15, -0.1) is 0 Å². The molecule has 21 heavy (non-hydrogen) atoms. The summed E-state index contributed by atoms with van der Waals surface area (Å²) in [4.78, 5) is 25.2. The van der Waals surface area contributed by atoms with Crippen LogP contribution in [-0.2, 0) is 11.2 Å². The van der Waals surface area contributed by atoms with Gasteiger partial charge >= 0.3 is 5.97 Å². The average molecular weight is 285 g/mol. The predicted octanol–water partition coefficient (Wildman–Crippen LogP) is 2.48. The van der Waals surface area contributed by atoms with Crippen molar-refractivity contribution in [2.24, 2.45) is 0 Å². The molecule has 0 aliphatic carbocycles. The molecule has 2 aromatic carbocycles. The highest BCUT2D eigenvalue weighted by atomic mass is 19.1. The molecule has 3 rings (SSSR count). The summed E-state index contributed by atoms with van der Waals surface area (Å²) >= 11 is 0. The number of halogens is 1. The number of anilines is 1. The highest BCUT2D eigenvalue weighted by molar-refractivity contribution is 6.10. The lowest BCUT2D eigenvalue weighted by Crippen LogP contribution is -2.42. The van der Waals surface area contributed by atoms with Crippen molar-refractivity contribution in [2.75, 3.05) is 4.90 Å². The van der Waals surface area contributed by atoms with Crippen molar-refractivity contribution in [2.45, 2.75) is 12.5 Å². The fraction of sp³-hybridized carbons (Fsp3) is 0.125. The Morgan fingerprint density at radius 1 is 1.14 bits per heavy atom. The van der Waals surface area contributed by atoms with E-state index < -0.39 is 23.7 Å². The summed E-state index contributed by atoms with van der Waals surface area (Å²) in [7, 11) is 0. The van der Waals surface area contributed by atoms with E-state index in [1.54, 1.807) is 24.3 Å². The van der Waals surface area contributed by atoms with Crippen molar-refractivity contribution in [1.82, 2.24) is 0 Å². The van der Waals surface area contributed by atoms with Crippen molar-refractivity contribution in [3.8, 4) is 0 Å². The lowest BCUT2D eigenvalue weighted by Gasteiger charge is -2.22. The minimum absolute atomic E-state index is 0.137. The summed E-state index contributed by atoms with van der Waals surface area (Å²) in [6.07, 6.45) is 0.257. The van der Waals surface area contributed by atoms with Crippen molar-refractivity contribution in [3.63, 3.8) is 0 Å². The molecule has 1 atom stereocenters. The molecule has 0 bridgehead atoms. The van der Waals surface area contributed by atoms with Gasteiger partial charge in [0.1, 0.15) is 11.9 Å². The summed E-state index contributed by atoms with van der Waals surface area (Å²) in [6, 6.07) is 11.3. The number of carboxylic acids is 1. The lowest BCUT2D eigenvalue weighted by atomic mass is 10.1. The first-order valence-electron chi connectivity index (χ1n) is 6.48. The number of para-hydroxylation sites is 1. The molecule has 1 unspecified atom stereocenters. The molecule has 0 saturated carbocycles. The average Bonchev–Trinajstić information content (AvgIpc) is 2.86. The third kappa shape index (κ3) is 2.27. The van der Waals surface area contributed by atoms with Crippen molar-refractivity contribution in [1.29, 1.82) is 0 Å². The molecule has 1 aliphatic heterocycles. The summed E-state index contributed by atoms with van der Waals surface area (Å²) in [6.45, 7) is 0. The van der Waals surface area contributed by atoms with Crippen LogP contribution in [-0.4, -0.2) is 23.0 Å². The first-order chi connectivity index (χ1) is 10.1. The molecule has 0 spiro atoms. The molecule has 0 aromatic heterocycles. The zero-order chi connectivity index (χ0) is 15.0. The Balaban J connectivity index is 2.05. The molecule has 1 N–H and O–H groups in total. The summed E-state index contributed by atoms with van der Waals surface area (Å²) in [5.74, 6) is -2.11. The number of amides is 1. The number of carbonyl (C=O) groups is 2. The Bertz CT molecular complexity index is 729. The van der Waals surface area contributed by atoms with Gasteiger partial charge in [0.15, 0.2) is 0 Å². The van der Waals surface area contributed by atoms with Gasteiger partial charge in [0.05, 0.1) is 0 Å². The fourth-order valence-electron chi connectivity index (χ4n) is 2.60. The normalized spacial score (nSPS) is 16.6. The molecular weight excluding hydrogens is 273 g/mol. The second-order valence-corrected chi connectivity index (χ2v) is 4.87. The van der Waals surface area contributed by atoms with Gasteiger partial charge in [0.25, 0.3) is 5.91 Å². The van der Waals surface area contributed by atoms with Crippen LogP contribution in [0.15, 0.2) is 48.5 Å². The number of carbonyl (C=O) groups excluding carboxylic acids is 1. The summed E-state index contributed by atoms with van der Waals surface area (Å²) in [5, 5.41) is 9.34. The van der Waals surface area contributed by atoms with Crippen LogP contribution in [0.1, 0.15) is 15.9 Å². The van der Waals surface area contributed by atoms with Gasteiger partial charge in [-0.2, -0.15) is 0 Å². The highest BCUT2D eigenvalue weighted by Gasteiger charge is 2.38. The first kappa shape index (κ1) is 13.3. The quantitative estimate of drug-likeness (QED) is 0.922. The topological polar surface area (TPSA) is 57.6 Å². The van der Waals surface area contributed by atoms with E-state index in [1.165, 1.54) is 23.1 Å². The maximum Gasteiger partial charge on any atom is 0.327 e. The Labute approximate surface area is 120 Å². The molecule has 4 nitrogen and oxygen atoms in total. The van der Waals surface area contributed by atoms with Crippen LogP contribution >= 0.6 is 0 Å². The van der Waals surface area contributed by atoms with E-state index in [0.29, 0.717) is 5.69 Å². The third-order valence-electron chi connectivity index (χ3n) is 3.55. The number of rotatable bonds is 2. The standard InChI is InChI=1S/C16H12FNO3/c17-12-6-3-5-11(8-12)15(19)18-13-7-2-1-4-10(13)9-14(18)16(20)21/h1-8,14H,9H2,(H,20,21). The summed E-state index contributed by atoms with van der Waals surface area (Å²) in [5.41, 5.74) is 1.51. The third-order valence-corrected chi connectivity index (χ3v) is 3.55. The van der Waals surface area contributed by atoms with Crippen LogP contribution in [0, 0.1) is 5.82 Å². The SMILES string of the molecule is O=C(O)C1Cc2ccccc2N1C(=O)c1cccc(F)c1. The number of aliphatic carboxylic acids is 1. The zero-order valence-corrected chi connectivity index (χ0v) is 11.0. The fourth-order valence-corrected chi connectivity index (χ4v) is 2.60. The van der Waals surface area contributed by atoms with E-state index in [4.69, 9.17) is 0 Å². The van der Waals surface area contributed by atoms with Gasteiger partial charge in [-0.05, 0) is 29.8 Å². The lowest BCUT2D eigenvalue weighted by molar-refractivity contribution is -0.138. The molecule has 1 heterocycles. The molecule has 0 fully saturated rings. The Morgan fingerprint density at radius 3 is 2.62 bits per heavy atom. The van der Waals surface area contributed by atoms with E-state index >= 15 is 0 Å². The number of hydrogen-bond donors (Lipinski definition) is 1. The Hall–Kier alpha value is -2.69. The van der Waals surface area contributed by atoms with Gasteiger partial charge < -0.3 is 5.11 Å². The van der Waals surface area contributed by atoms with E-state index in [1.807, 2.05) is 0 Å². The first-order valence-corrected chi connectivity index (χ1v) is 6.48. The second kappa shape index (κ2) is 5.01. The van der Waals surface area contributed by atoms with Crippen LogP contribution in [0.25, 0.3) is 0 Å². The molecule has 1 aliphatic rings. The monoisotopic (exact) mass is 285 g/mol. The molecule has 1 amide bonds. The Kier molecular flexibility index (Phi) is 3.17. The molecular formula is C16H12FNO3. The maximum absolute atomic E-state index is 13.3. The molecule has 0 saturated heterocycles. The largest absolute Gasteiger partial charge is 0.480 e. The van der Waals surface area contributed by atoms with Crippen LogP contribution in [0.5, 0.6) is 0 Å². The highest BCUT2D eigenvalue weighted by Crippen LogP contribution is 2.33. The minimum atomic E-state index is -1.07. The predicted molar refractivity (Wildman–Crippen MR) is 74.8 cm³/mol. The van der Waals surface area contributed by atoms with Crippen molar-refractivity contribution >= 4 is 17.6 Å². The van der Waals surface area contributed by atoms with Crippen LogP contribution < -0.4 is 4.90 Å². The number of carboxylic acid groups (broad SMARTS) is 1. The molecule has 0 radical (unpaired) electrons. The van der Waals surface area contributed by atoms with Gasteiger partial charge in [-0.25, -0.2) is 9.18 Å². The van der Waals surface area contributed by atoms with Gasteiger partial charge in [-0.1, -0.05) is 24.3 Å². The minimum Gasteiger partial charge on any atom is -0.480 e. The van der Waals surface area contributed by atoms with Gasteiger partial charge in [0, 0.05) is 17.7 Å². The summed E-state index contributed by atoms with van der Waals surface area (Å²) < 4.78 is 13.3. The van der Waals surface area contributed by atoms with E-state index in [0.717, 1.165) is 11.6 Å². The zero-order valence-electron chi connectivity index (χ0n) is 11.0. The molecule has 5 heteroatoms. The van der Waals surface area contributed by atoms with Crippen LogP contribution in [0.3, 0.4) is 0 Å². The smallest absolute Gasteiger partial charge is 0.327 e. The number of nitrogens with zero attached hydrogens (tertiary/aromatic N) is 1. The van der Waals surface area contributed by atoms with Gasteiger partial charge in [-0.3, -0.25) is 9.69 Å². The number of hydrogen-bond acceptors (Lipinski definition) is 2. The number of fused-ring (bicyclic) bond motifs is 1. The van der Waals surface area contributed by atoms with E-state index in [-0.39, 0.29) is 12.0 Å². The molecule has 106 valence electrons. The van der Waals surface area contributed by atoms with Gasteiger partial charge in [0.2, 0.25) is 0 Å². The second-order valence-electron chi connectivity index (χ2n) is 4.87.